The Hall–Kier alpha value is -13.4. The molecule has 15 aromatic carbocycles. The Morgan fingerprint density at radius 3 is 1.05 bits per heavy atom. The Labute approximate surface area is 679 Å². The maximum atomic E-state index is 10.3. The highest BCUT2D eigenvalue weighted by atomic mass is 15.2. The second kappa shape index (κ2) is 25.7. The van der Waals surface area contributed by atoms with Crippen molar-refractivity contribution in [1.29, 1.82) is 0 Å². The molecule has 0 bridgehead atoms. The monoisotopic (exact) mass is 1430 g/mol. The summed E-state index contributed by atoms with van der Waals surface area (Å²) in [5, 5.41) is -1.19. The molecule has 0 unspecified atom stereocenters. The highest BCUT2D eigenvalue weighted by molar-refractivity contribution is 7.00. The Morgan fingerprint density at radius 1 is 0.284 bits per heavy atom. The van der Waals surface area contributed by atoms with Crippen LogP contribution in [0.2, 0.25) is 0 Å². The van der Waals surface area contributed by atoms with Crippen molar-refractivity contribution in [3.8, 4) is 90.0 Å². The minimum Gasteiger partial charge on any atom is -0.310 e. The van der Waals surface area contributed by atoms with Gasteiger partial charge in [0, 0.05) is 83.4 Å². The molecule has 0 amide bonds. The van der Waals surface area contributed by atoms with Gasteiger partial charge in [0.25, 0.3) is 6.71 Å². The Balaban J connectivity index is 1.08. The highest BCUT2D eigenvalue weighted by Gasteiger charge is 2.47. The number of fused-ring (bicyclic) bond motifs is 10. The van der Waals surface area contributed by atoms with Crippen molar-refractivity contribution in [2.24, 2.45) is 0 Å². The molecule has 2 aliphatic heterocycles. The zero-order valence-electron chi connectivity index (χ0n) is 90.3. The lowest BCUT2D eigenvalue weighted by molar-refractivity contribution is 0.590. The number of hydrogen-bond donors (Lipinski definition) is 0. The van der Waals surface area contributed by atoms with E-state index in [1.165, 1.54) is 9.13 Å². The standard InChI is InChI=1S/C101H76BN7/c1-100(2,3)72-58-80(66-35-15-8-16-36-66)95(81(59-72)67-37-17-9-18-38-67)109-91-62-74(106-86-49-29-25-45-76(86)77-46-26-30-50-87(77)106)54-56-85(91)102-84-55-53-71(65-33-13-7-14-34-65)57-90(84)108(92-63-75(64-93(109)94(92)102)107-88-51-31-27-47-78(88)79-48-28-32-52-89(79)107)96-82(68-39-19-10-20-40-68)60-73(101(4,5)6)61-83(96)99-104-97(69-41-21-11-22-42-69)103-98(105-99)70-43-23-12-24-44-70/h7-64H,1-6H3/i7D,11D,12D,13D,14D,21D,22D,23D,24D,25D,26D,27D,28D,29D,30D,31D,32D,33D,34D,41D,42D,43D,44D,45D,46D,47D,48D,49D,50D,51D,52D. The van der Waals surface area contributed by atoms with E-state index in [2.05, 4.69) is 0 Å². The van der Waals surface area contributed by atoms with Crippen LogP contribution in [0.4, 0.5) is 34.1 Å². The third kappa shape index (κ3) is 10.9. The summed E-state index contributed by atoms with van der Waals surface area (Å²) in [7, 11) is 0. The summed E-state index contributed by atoms with van der Waals surface area (Å²) in [4.78, 5) is 18.9. The molecule has 20 rings (SSSR count). The van der Waals surface area contributed by atoms with Gasteiger partial charge in [-0.3, -0.25) is 0 Å². The van der Waals surface area contributed by atoms with E-state index in [1.807, 2.05) is 125 Å². The van der Waals surface area contributed by atoms with Gasteiger partial charge in [-0.25, -0.2) is 15.0 Å². The number of aromatic nitrogens is 5. The van der Waals surface area contributed by atoms with E-state index in [4.69, 9.17) is 24.5 Å². The van der Waals surface area contributed by atoms with Crippen LogP contribution in [0, 0.1) is 0 Å². The topological polar surface area (TPSA) is 55.0 Å². The minimum absolute atomic E-state index is 0.00963. The molecule has 5 heterocycles. The van der Waals surface area contributed by atoms with Crippen molar-refractivity contribution in [1.82, 2.24) is 24.1 Å². The lowest BCUT2D eigenvalue weighted by Gasteiger charge is -2.46. The van der Waals surface area contributed by atoms with Gasteiger partial charge in [0.1, 0.15) is 0 Å². The van der Waals surface area contributed by atoms with Crippen LogP contribution >= 0.6 is 0 Å². The summed E-state index contributed by atoms with van der Waals surface area (Å²) in [6, 6.07) is 25.5. The molecule has 109 heavy (non-hydrogen) atoms. The average Bonchev–Trinajstić information content (AvgIpc) is 1.21. The fraction of sp³-hybridized carbons (Fsp3) is 0.0792. The first kappa shape index (κ1) is 40.3. The normalized spacial score (nSPS) is 16.6. The van der Waals surface area contributed by atoms with Crippen LogP contribution in [0.3, 0.4) is 0 Å². The molecule has 0 saturated heterocycles. The molecule has 0 atom stereocenters. The molecular formula is C101H76BN7. The fourth-order valence-electron chi connectivity index (χ4n) is 15.4. The SMILES string of the molecule is [2H]c1c([2H])c([2H])c(-c2ccc3c(c2)N(c2c(-c4ccccc4)cc(C(C)(C)C)cc2-c2nc(-c4c([2H])c([2H])c([2H])c([2H])c4[2H])nc(-c4c([2H])c([2H])c([2H])c([2H])c4[2H])n2)c2cc(-n4c5c([2H])c([2H])c([2H])c([2H])c5c5c([2H])c([2H])c([2H])c([2H])c54)cc4c2B3c2ccc(-n3c5c([2H])c([2H])c([2H])c([2H])c5c5c([2H])c([2H])c([2H])c([2H])c53)cc2N4c2c(-c3ccccc3)cc(C(C)(C)C)cc2-c2ccccc2)c([2H])c1[2H]. The summed E-state index contributed by atoms with van der Waals surface area (Å²) >= 11 is 0. The minimum atomic E-state index is -1.27. The van der Waals surface area contributed by atoms with Crippen LogP contribution < -0.4 is 26.2 Å². The van der Waals surface area contributed by atoms with Crippen LogP contribution in [0.25, 0.3) is 134 Å². The van der Waals surface area contributed by atoms with E-state index >= 15 is 0 Å². The van der Waals surface area contributed by atoms with Gasteiger partial charge < -0.3 is 18.9 Å². The predicted molar refractivity (Wildman–Crippen MR) is 458 cm³/mol. The van der Waals surface area contributed by atoms with Crippen LogP contribution in [0.15, 0.2) is 351 Å². The lowest BCUT2D eigenvalue weighted by atomic mass is 9.33. The van der Waals surface area contributed by atoms with E-state index in [9.17, 15) is 32.9 Å². The molecule has 0 fully saturated rings. The fourth-order valence-corrected chi connectivity index (χ4v) is 15.4. The lowest BCUT2D eigenvalue weighted by Crippen LogP contribution is -2.61. The summed E-state index contributed by atoms with van der Waals surface area (Å²) in [5.74, 6) is -1.80. The second-order valence-corrected chi connectivity index (χ2v) is 28.8. The van der Waals surface area contributed by atoms with Crippen LogP contribution in [-0.4, -0.2) is 30.8 Å². The van der Waals surface area contributed by atoms with Gasteiger partial charge in [-0.1, -0.05) is 314 Å². The van der Waals surface area contributed by atoms with Crippen LogP contribution in [-0.2, 0) is 10.8 Å². The summed E-state index contributed by atoms with van der Waals surface area (Å²) in [5.41, 5.74) is 1.52. The van der Waals surface area contributed by atoms with Gasteiger partial charge >= 0.3 is 0 Å². The quantitative estimate of drug-likeness (QED) is 0.121. The smallest absolute Gasteiger partial charge is 0.252 e. The first-order valence-corrected chi connectivity index (χ1v) is 35.3. The molecule has 0 aliphatic carbocycles. The molecule has 7 nitrogen and oxygen atoms in total. The van der Waals surface area contributed by atoms with E-state index in [1.54, 1.807) is 89.8 Å². The number of hydrogen-bond acceptors (Lipinski definition) is 5. The molecule has 0 radical (unpaired) electrons. The highest BCUT2D eigenvalue weighted by Crippen LogP contribution is 2.56. The molecule has 18 aromatic rings. The molecule has 8 heteroatoms. The average molecular weight is 1430 g/mol. The van der Waals surface area contributed by atoms with Crippen molar-refractivity contribution >= 4 is 101 Å². The Morgan fingerprint density at radius 2 is 0.624 bits per heavy atom. The summed E-state index contributed by atoms with van der Waals surface area (Å²) in [6.07, 6.45) is 0. The number of rotatable bonds is 11. The first-order chi connectivity index (χ1) is 66.2. The molecule has 0 N–H and O–H groups in total. The van der Waals surface area contributed by atoms with Crippen LogP contribution in [0.5, 0.6) is 0 Å². The summed E-state index contributed by atoms with van der Waals surface area (Å²) in [6.45, 7) is 10.6. The maximum absolute atomic E-state index is 10.3. The first-order valence-electron chi connectivity index (χ1n) is 50.8. The molecule has 3 aromatic heterocycles. The van der Waals surface area contributed by atoms with Gasteiger partial charge in [-0.2, -0.15) is 0 Å². The van der Waals surface area contributed by atoms with Gasteiger partial charge in [-0.05, 0) is 145 Å². The van der Waals surface area contributed by atoms with Crippen molar-refractivity contribution in [2.45, 2.75) is 52.4 Å². The van der Waals surface area contributed by atoms with Crippen LogP contribution in [0.1, 0.15) is 95.2 Å². The van der Waals surface area contributed by atoms with E-state index in [0.29, 0.717) is 55.5 Å². The second-order valence-electron chi connectivity index (χ2n) is 28.8. The van der Waals surface area contributed by atoms with Crippen molar-refractivity contribution in [3.05, 3.63) is 362 Å². The van der Waals surface area contributed by atoms with Gasteiger partial charge in [0.2, 0.25) is 0 Å². The molecule has 2 aliphatic rings. The van der Waals surface area contributed by atoms with Crippen molar-refractivity contribution < 1.29 is 42.5 Å². The predicted octanol–water partition coefficient (Wildman–Crippen LogP) is 24.4. The third-order valence-corrected chi connectivity index (χ3v) is 20.4. The molecule has 0 saturated carbocycles. The van der Waals surface area contributed by atoms with E-state index < -0.39 is 233 Å². The van der Waals surface area contributed by atoms with Gasteiger partial charge in [-0.15, -0.1) is 0 Å². The maximum Gasteiger partial charge on any atom is 0.252 e. The van der Waals surface area contributed by atoms with E-state index in [-0.39, 0.29) is 106 Å². The molecule has 518 valence electrons. The Kier molecular flexibility index (Phi) is 9.50. The largest absolute Gasteiger partial charge is 0.310 e. The number of para-hydroxylation sites is 4. The third-order valence-electron chi connectivity index (χ3n) is 20.4. The number of anilines is 6. The van der Waals surface area contributed by atoms with Gasteiger partial charge in [0.05, 0.1) is 81.6 Å². The zero-order chi connectivity index (χ0) is 100. The van der Waals surface area contributed by atoms with E-state index in [0.717, 1.165) is 5.56 Å². The van der Waals surface area contributed by atoms with Crippen molar-refractivity contribution in [3.63, 3.8) is 0 Å². The number of benzene rings is 15. The van der Waals surface area contributed by atoms with Gasteiger partial charge in [0.15, 0.2) is 17.5 Å². The summed E-state index contributed by atoms with van der Waals surface area (Å²) < 4.78 is 298. The zero-order valence-corrected chi connectivity index (χ0v) is 59.3. The number of nitrogens with zero attached hydrogens (tertiary/aromatic N) is 7. The Bertz CT molecular complexity index is 8230. The molecular weight excluding hydrogens is 1320 g/mol. The van der Waals surface area contributed by atoms with Crippen molar-refractivity contribution in [2.75, 3.05) is 9.80 Å². The molecule has 0 spiro atoms.